The van der Waals surface area contributed by atoms with Gasteiger partial charge in [-0.1, -0.05) is 25.6 Å². The predicted molar refractivity (Wildman–Crippen MR) is 96.0 cm³/mol. The van der Waals surface area contributed by atoms with E-state index in [1.54, 1.807) is 31.2 Å². The van der Waals surface area contributed by atoms with E-state index >= 15 is 0 Å². The number of aromatic nitrogens is 3. The molecule has 0 unspecified atom stereocenters. The fourth-order valence-electron chi connectivity index (χ4n) is 2.01. The fourth-order valence-corrected chi connectivity index (χ4v) is 2.68. The van der Waals surface area contributed by atoms with Gasteiger partial charge < -0.3 is 15.9 Å². The second-order valence-electron chi connectivity index (χ2n) is 5.50. The Balaban J connectivity index is 1.89. The molecule has 2 aromatic rings. The van der Waals surface area contributed by atoms with Crippen molar-refractivity contribution in [3.8, 4) is 0 Å². The summed E-state index contributed by atoms with van der Waals surface area (Å²) in [6, 6.07) is 6.51. The third kappa shape index (κ3) is 4.96. The predicted octanol–water partition coefficient (Wildman–Crippen LogP) is 2.02. The Morgan fingerprint density at radius 3 is 2.52 bits per heavy atom. The summed E-state index contributed by atoms with van der Waals surface area (Å²) in [6.07, 6.45) is 0. The molecule has 2 rings (SSSR count). The van der Waals surface area contributed by atoms with Crippen molar-refractivity contribution in [1.29, 1.82) is 0 Å². The summed E-state index contributed by atoms with van der Waals surface area (Å²) in [6.45, 7) is 6.00. The molecule has 0 bridgehead atoms. The zero-order chi connectivity index (χ0) is 18.4. The van der Waals surface area contributed by atoms with Crippen LogP contribution in [0.15, 0.2) is 29.4 Å². The molecule has 0 aliphatic rings. The van der Waals surface area contributed by atoms with Crippen molar-refractivity contribution < 1.29 is 14.3 Å². The first-order chi connectivity index (χ1) is 11.9. The smallest absolute Gasteiger partial charge is 0.338 e. The molecular weight excluding hydrogens is 342 g/mol. The minimum Gasteiger partial charge on any atom is -0.462 e. The van der Waals surface area contributed by atoms with Crippen LogP contribution >= 0.6 is 11.8 Å². The number of nitrogens with one attached hydrogen (secondary N) is 1. The van der Waals surface area contributed by atoms with Crippen LogP contribution in [-0.4, -0.2) is 39.1 Å². The molecule has 0 spiro atoms. The first-order valence-electron chi connectivity index (χ1n) is 7.82. The molecule has 3 N–H and O–H groups in total. The van der Waals surface area contributed by atoms with Gasteiger partial charge in [0.25, 0.3) is 0 Å². The van der Waals surface area contributed by atoms with Crippen molar-refractivity contribution in [2.75, 3.05) is 23.5 Å². The number of carbonyl (C=O) groups is 2. The van der Waals surface area contributed by atoms with Crippen LogP contribution in [0.3, 0.4) is 0 Å². The van der Waals surface area contributed by atoms with Gasteiger partial charge in [0.05, 0.1) is 17.9 Å². The van der Waals surface area contributed by atoms with Gasteiger partial charge in [0, 0.05) is 11.6 Å². The first-order valence-corrected chi connectivity index (χ1v) is 8.81. The number of hydrogen-bond donors (Lipinski definition) is 2. The van der Waals surface area contributed by atoms with Crippen LogP contribution < -0.4 is 11.2 Å². The third-order valence-corrected chi connectivity index (χ3v) is 4.16. The van der Waals surface area contributed by atoms with Crippen molar-refractivity contribution in [2.45, 2.75) is 31.8 Å². The highest BCUT2D eigenvalue weighted by Crippen LogP contribution is 2.19. The van der Waals surface area contributed by atoms with Gasteiger partial charge in [-0.25, -0.2) is 9.47 Å². The lowest BCUT2D eigenvalue weighted by Gasteiger charge is -2.07. The summed E-state index contributed by atoms with van der Waals surface area (Å²) in [4.78, 5) is 23.6. The van der Waals surface area contributed by atoms with Crippen molar-refractivity contribution in [1.82, 2.24) is 14.9 Å². The number of nitrogens with two attached hydrogens (primary N) is 1. The molecule has 8 nitrogen and oxygen atoms in total. The number of esters is 1. The first kappa shape index (κ1) is 18.8. The molecule has 0 fully saturated rings. The molecule has 9 heteroatoms. The van der Waals surface area contributed by atoms with Crippen LogP contribution in [-0.2, 0) is 9.53 Å². The van der Waals surface area contributed by atoms with Crippen LogP contribution in [0, 0.1) is 0 Å². The van der Waals surface area contributed by atoms with Crippen LogP contribution in [0.2, 0.25) is 0 Å². The Morgan fingerprint density at radius 2 is 1.96 bits per heavy atom. The van der Waals surface area contributed by atoms with Crippen molar-refractivity contribution >= 4 is 29.3 Å². The highest BCUT2D eigenvalue weighted by atomic mass is 32.2. The fraction of sp³-hybridized carbons (Fsp3) is 0.375. The molecule has 0 atom stereocenters. The average molecular weight is 363 g/mol. The number of thioether (sulfide) groups is 1. The molecule has 1 heterocycles. The van der Waals surface area contributed by atoms with Crippen LogP contribution in [0.1, 0.15) is 42.9 Å². The highest BCUT2D eigenvalue weighted by molar-refractivity contribution is 7.99. The molecule has 0 aliphatic carbocycles. The number of hydrogen-bond acceptors (Lipinski definition) is 7. The number of carbonyl (C=O) groups excluding carboxylic acids is 2. The minimum atomic E-state index is -0.390. The normalized spacial score (nSPS) is 10.7. The lowest BCUT2D eigenvalue weighted by Crippen LogP contribution is -2.17. The van der Waals surface area contributed by atoms with Crippen LogP contribution in [0.25, 0.3) is 0 Å². The van der Waals surface area contributed by atoms with Gasteiger partial charge in [-0.15, -0.1) is 10.2 Å². The molecule has 1 amide bonds. The maximum Gasteiger partial charge on any atom is 0.338 e. The van der Waals surface area contributed by atoms with Crippen molar-refractivity contribution in [3.63, 3.8) is 0 Å². The molecule has 0 aliphatic heterocycles. The highest BCUT2D eigenvalue weighted by Gasteiger charge is 2.14. The Kier molecular flexibility index (Phi) is 6.40. The number of nitrogen functional groups attached to an aromatic ring is 1. The summed E-state index contributed by atoms with van der Waals surface area (Å²) in [7, 11) is 0. The second kappa shape index (κ2) is 8.52. The van der Waals surface area contributed by atoms with E-state index in [4.69, 9.17) is 10.6 Å². The molecule has 1 aromatic heterocycles. The van der Waals surface area contributed by atoms with Gasteiger partial charge in [-0.2, -0.15) is 0 Å². The summed E-state index contributed by atoms with van der Waals surface area (Å²) < 4.78 is 6.31. The largest absolute Gasteiger partial charge is 0.462 e. The summed E-state index contributed by atoms with van der Waals surface area (Å²) >= 11 is 1.21. The Morgan fingerprint density at radius 1 is 1.28 bits per heavy atom. The van der Waals surface area contributed by atoms with Gasteiger partial charge >= 0.3 is 5.97 Å². The molecule has 134 valence electrons. The summed E-state index contributed by atoms with van der Waals surface area (Å²) in [5.41, 5.74) is 1.03. The van der Waals surface area contributed by atoms with E-state index in [9.17, 15) is 9.59 Å². The van der Waals surface area contributed by atoms with Gasteiger partial charge in [-0.3, -0.25) is 4.79 Å². The van der Waals surface area contributed by atoms with Crippen LogP contribution in [0.5, 0.6) is 0 Å². The van der Waals surface area contributed by atoms with Gasteiger partial charge in [-0.05, 0) is 31.2 Å². The lowest BCUT2D eigenvalue weighted by molar-refractivity contribution is -0.113. The summed E-state index contributed by atoms with van der Waals surface area (Å²) in [5, 5.41) is 11.2. The zero-order valence-corrected chi connectivity index (χ0v) is 15.2. The average Bonchev–Trinajstić information content (AvgIpc) is 2.95. The molecule has 0 saturated heterocycles. The van der Waals surface area contributed by atoms with E-state index in [2.05, 4.69) is 15.5 Å². The molecule has 0 saturated carbocycles. The van der Waals surface area contributed by atoms with Gasteiger partial charge in [0.2, 0.25) is 11.1 Å². The van der Waals surface area contributed by atoms with Crippen LogP contribution in [0.4, 0.5) is 5.69 Å². The SMILES string of the molecule is CCOC(=O)c1ccc(NC(=O)CSc2nnc(C(C)C)n2N)cc1. The number of amides is 1. The van der Waals surface area contributed by atoms with Crippen molar-refractivity contribution in [3.05, 3.63) is 35.7 Å². The lowest BCUT2D eigenvalue weighted by atomic mass is 10.2. The Hall–Kier alpha value is -2.55. The van der Waals surface area contributed by atoms with E-state index in [0.717, 1.165) is 0 Å². The van der Waals surface area contributed by atoms with E-state index in [1.165, 1.54) is 16.4 Å². The number of anilines is 1. The maximum atomic E-state index is 12.0. The van der Waals surface area contributed by atoms with Gasteiger partial charge in [0.15, 0.2) is 5.82 Å². The summed E-state index contributed by atoms with van der Waals surface area (Å²) in [5.74, 6) is 6.27. The molecule has 25 heavy (non-hydrogen) atoms. The number of nitrogens with zero attached hydrogens (tertiary/aromatic N) is 3. The monoisotopic (exact) mass is 363 g/mol. The number of ether oxygens (including phenoxy) is 1. The maximum absolute atomic E-state index is 12.0. The number of benzene rings is 1. The Bertz CT molecular complexity index is 743. The Labute approximate surface area is 150 Å². The topological polar surface area (TPSA) is 112 Å². The van der Waals surface area contributed by atoms with E-state index < -0.39 is 0 Å². The molecule has 1 aromatic carbocycles. The molecular formula is C16H21N5O3S. The third-order valence-electron chi connectivity index (χ3n) is 3.22. The minimum absolute atomic E-state index is 0.146. The quantitative estimate of drug-likeness (QED) is 0.440. The zero-order valence-electron chi connectivity index (χ0n) is 14.4. The van der Waals surface area contributed by atoms with E-state index in [1.807, 2.05) is 13.8 Å². The van der Waals surface area contributed by atoms with Gasteiger partial charge in [0.1, 0.15) is 0 Å². The van der Waals surface area contributed by atoms with E-state index in [-0.39, 0.29) is 23.5 Å². The van der Waals surface area contributed by atoms with E-state index in [0.29, 0.717) is 28.8 Å². The molecule has 0 radical (unpaired) electrons. The van der Waals surface area contributed by atoms with Crippen molar-refractivity contribution in [2.24, 2.45) is 0 Å². The second-order valence-corrected chi connectivity index (χ2v) is 6.44. The number of rotatable bonds is 7. The standard InChI is InChI=1S/C16H21N5O3S/c1-4-24-15(23)11-5-7-12(8-6-11)18-13(22)9-25-16-20-19-14(10(2)3)21(16)17/h5-8,10H,4,9,17H2,1-3H3,(H,18,22).